The summed E-state index contributed by atoms with van der Waals surface area (Å²) in [4.78, 5) is 9.68. The van der Waals surface area contributed by atoms with Crippen molar-refractivity contribution in [3.05, 3.63) is 30.3 Å². The van der Waals surface area contributed by atoms with E-state index in [-0.39, 0.29) is 0 Å². The molecular formula is C17H26N4. The van der Waals surface area contributed by atoms with Gasteiger partial charge < -0.3 is 15.1 Å². The summed E-state index contributed by atoms with van der Waals surface area (Å²) in [6.07, 6.45) is 2.73. The molecule has 1 aromatic rings. The Labute approximate surface area is 127 Å². The van der Waals surface area contributed by atoms with E-state index in [0.29, 0.717) is 0 Å². The van der Waals surface area contributed by atoms with Crippen LogP contribution in [0.3, 0.4) is 0 Å². The lowest BCUT2D eigenvalue weighted by molar-refractivity contribution is 0.372. The fraction of sp³-hybridized carbons (Fsp3) is 0.588. The first-order chi connectivity index (χ1) is 10.4. The van der Waals surface area contributed by atoms with Gasteiger partial charge in [-0.2, -0.15) is 0 Å². The van der Waals surface area contributed by atoms with E-state index < -0.39 is 0 Å². The molecule has 0 unspecified atom stereocenters. The van der Waals surface area contributed by atoms with Crippen LogP contribution in [0, 0.1) is 5.92 Å². The van der Waals surface area contributed by atoms with E-state index >= 15 is 0 Å². The molecule has 114 valence electrons. The van der Waals surface area contributed by atoms with Gasteiger partial charge in [0.05, 0.1) is 0 Å². The second kappa shape index (κ2) is 6.83. The van der Waals surface area contributed by atoms with Gasteiger partial charge in [0.25, 0.3) is 0 Å². The van der Waals surface area contributed by atoms with Crippen LogP contribution in [-0.4, -0.2) is 50.1 Å². The van der Waals surface area contributed by atoms with Gasteiger partial charge in [0.2, 0.25) is 0 Å². The Morgan fingerprint density at radius 3 is 2.48 bits per heavy atom. The Hall–Kier alpha value is -1.71. The first-order valence-electron chi connectivity index (χ1n) is 8.20. The van der Waals surface area contributed by atoms with Gasteiger partial charge in [0.1, 0.15) is 0 Å². The molecule has 0 atom stereocenters. The molecule has 0 radical (unpaired) electrons. The van der Waals surface area contributed by atoms with Crippen molar-refractivity contribution in [3.8, 4) is 0 Å². The van der Waals surface area contributed by atoms with Crippen molar-refractivity contribution in [3.63, 3.8) is 0 Å². The number of guanidine groups is 1. The van der Waals surface area contributed by atoms with E-state index in [4.69, 9.17) is 4.99 Å². The molecule has 1 saturated heterocycles. The SMILES string of the molecule is CCNC(=NCC1CC1)N1CCN(c2ccccc2)CC1. The molecule has 0 amide bonds. The number of nitrogens with zero attached hydrogens (tertiary/aromatic N) is 3. The lowest BCUT2D eigenvalue weighted by Gasteiger charge is -2.37. The van der Waals surface area contributed by atoms with Crippen molar-refractivity contribution >= 4 is 11.6 Å². The zero-order chi connectivity index (χ0) is 14.5. The number of aliphatic imine (C=N–C) groups is 1. The molecule has 0 spiro atoms. The molecule has 1 aliphatic heterocycles. The van der Waals surface area contributed by atoms with Gasteiger partial charge in [-0.25, -0.2) is 0 Å². The second-order valence-corrected chi connectivity index (χ2v) is 5.95. The zero-order valence-electron chi connectivity index (χ0n) is 13.0. The summed E-state index contributed by atoms with van der Waals surface area (Å²) in [5.74, 6) is 1.96. The highest BCUT2D eigenvalue weighted by molar-refractivity contribution is 5.80. The van der Waals surface area contributed by atoms with E-state index in [0.717, 1.165) is 51.1 Å². The molecule has 1 heterocycles. The van der Waals surface area contributed by atoms with Gasteiger partial charge in [-0.1, -0.05) is 18.2 Å². The van der Waals surface area contributed by atoms with E-state index in [2.05, 4.69) is 52.4 Å². The highest BCUT2D eigenvalue weighted by Crippen LogP contribution is 2.28. The van der Waals surface area contributed by atoms with Crippen molar-refractivity contribution in [2.24, 2.45) is 10.9 Å². The van der Waals surface area contributed by atoms with Crippen molar-refractivity contribution in [1.29, 1.82) is 0 Å². The van der Waals surface area contributed by atoms with E-state index in [1.165, 1.54) is 18.5 Å². The third kappa shape index (κ3) is 3.90. The minimum Gasteiger partial charge on any atom is -0.368 e. The fourth-order valence-electron chi connectivity index (χ4n) is 2.76. The predicted octanol–water partition coefficient (Wildman–Crippen LogP) is 2.18. The van der Waals surface area contributed by atoms with Crippen LogP contribution in [0.5, 0.6) is 0 Å². The van der Waals surface area contributed by atoms with Crippen LogP contribution in [0.15, 0.2) is 35.3 Å². The van der Waals surface area contributed by atoms with Crippen molar-refractivity contribution in [2.75, 3.05) is 44.2 Å². The van der Waals surface area contributed by atoms with Gasteiger partial charge in [-0.3, -0.25) is 4.99 Å². The van der Waals surface area contributed by atoms with Crippen molar-refractivity contribution in [2.45, 2.75) is 19.8 Å². The monoisotopic (exact) mass is 286 g/mol. The Balaban J connectivity index is 1.56. The third-order valence-electron chi connectivity index (χ3n) is 4.23. The first kappa shape index (κ1) is 14.2. The highest BCUT2D eigenvalue weighted by Gasteiger charge is 2.23. The molecule has 1 N–H and O–H groups in total. The fourth-order valence-corrected chi connectivity index (χ4v) is 2.76. The third-order valence-corrected chi connectivity index (χ3v) is 4.23. The molecular weight excluding hydrogens is 260 g/mol. The molecule has 21 heavy (non-hydrogen) atoms. The Kier molecular flexibility index (Phi) is 4.63. The summed E-state index contributed by atoms with van der Waals surface area (Å²) in [6, 6.07) is 10.7. The van der Waals surface area contributed by atoms with Gasteiger partial charge in [0.15, 0.2) is 5.96 Å². The second-order valence-electron chi connectivity index (χ2n) is 5.95. The molecule has 1 saturated carbocycles. The molecule has 0 bridgehead atoms. The van der Waals surface area contributed by atoms with Crippen LogP contribution >= 0.6 is 0 Å². The minimum absolute atomic E-state index is 0.851. The summed E-state index contributed by atoms with van der Waals surface area (Å²) < 4.78 is 0. The van der Waals surface area contributed by atoms with Crippen LogP contribution < -0.4 is 10.2 Å². The van der Waals surface area contributed by atoms with Crippen LogP contribution in [0.1, 0.15) is 19.8 Å². The maximum absolute atomic E-state index is 4.81. The standard InChI is InChI=1S/C17H26N4/c1-2-18-17(19-14-15-8-9-15)21-12-10-20(11-13-21)16-6-4-3-5-7-16/h3-7,15H,2,8-14H2,1H3,(H,18,19). The van der Waals surface area contributed by atoms with E-state index in [9.17, 15) is 0 Å². The number of hydrogen-bond acceptors (Lipinski definition) is 2. The van der Waals surface area contributed by atoms with Crippen molar-refractivity contribution in [1.82, 2.24) is 10.2 Å². The summed E-state index contributed by atoms with van der Waals surface area (Å²) in [7, 11) is 0. The molecule has 2 aliphatic rings. The largest absolute Gasteiger partial charge is 0.368 e. The van der Waals surface area contributed by atoms with E-state index in [1.807, 2.05) is 0 Å². The molecule has 3 rings (SSSR count). The molecule has 1 aliphatic carbocycles. The van der Waals surface area contributed by atoms with Crippen LogP contribution in [-0.2, 0) is 0 Å². The van der Waals surface area contributed by atoms with Crippen LogP contribution in [0.4, 0.5) is 5.69 Å². The number of para-hydroxylation sites is 1. The normalized spacial score (nSPS) is 19.8. The Morgan fingerprint density at radius 2 is 1.86 bits per heavy atom. The summed E-state index contributed by atoms with van der Waals surface area (Å²) >= 11 is 0. The quantitative estimate of drug-likeness (QED) is 0.680. The molecule has 2 fully saturated rings. The number of rotatable bonds is 4. The number of hydrogen-bond donors (Lipinski definition) is 1. The summed E-state index contributed by atoms with van der Waals surface area (Å²) in [6.45, 7) is 8.32. The topological polar surface area (TPSA) is 30.9 Å². The van der Waals surface area contributed by atoms with Gasteiger partial charge >= 0.3 is 0 Å². The molecule has 4 heteroatoms. The number of piperazine rings is 1. The molecule has 4 nitrogen and oxygen atoms in total. The minimum atomic E-state index is 0.851. The lowest BCUT2D eigenvalue weighted by Crippen LogP contribution is -2.52. The highest BCUT2D eigenvalue weighted by atomic mass is 15.3. The molecule has 0 aromatic heterocycles. The first-order valence-corrected chi connectivity index (χ1v) is 8.20. The van der Waals surface area contributed by atoms with Crippen LogP contribution in [0.2, 0.25) is 0 Å². The predicted molar refractivity (Wildman–Crippen MR) is 88.9 cm³/mol. The average Bonchev–Trinajstić information content (AvgIpc) is 3.37. The summed E-state index contributed by atoms with van der Waals surface area (Å²) in [5, 5.41) is 3.45. The number of anilines is 1. The van der Waals surface area contributed by atoms with Crippen molar-refractivity contribution < 1.29 is 0 Å². The van der Waals surface area contributed by atoms with Gasteiger partial charge in [-0.15, -0.1) is 0 Å². The maximum Gasteiger partial charge on any atom is 0.194 e. The lowest BCUT2D eigenvalue weighted by atomic mass is 10.2. The Bertz CT molecular complexity index is 459. The number of nitrogens with one attached hydrogen (secondary N) is 1. The molecule has 1 aromatic carbocycles. The Morgan fingerprint density at radius 1 is 1.14 bits per heavy atom. The van der Waals surface area contributed by atoms with E-state index in [1.54, 1.807) is 0 Å². The van der Waals surface area contributed by atoms with Gasteiger partial charge in [-0.05, 0) is 37.8 Å². The van der Waals surface area contributed by atoms with Crippen LogP contribution in [0.25, 0.3) is 0 Å². The zero-order valence-corrected chi connectivity index (χ0v) is 13.0. The summed E-state index contributed by atoms with van der Waals surface area (Å²) in [5.41, 5.74) is 1.33. The van der Waals surface area contributed by atoms with Gasteiger partial charge in [0, 0.05) is 45.0 Å². The number of benzene rings is 1. The maximum atomic E-state index is 4.81. The average molecular weight is 286 g/mol. The smallest absolute Gasteiger partial charge is 0.194 e.